The Hall–Kier alpha value is -4.40. The second-order valence-corrected chi connectivity index (χ2v) is 11.5. The molecule has 0 spiro atoms. The molecule has 43 heavy (non-hydrogen) atoms. The van der Waals surface area contributed by atoms with E-state index in [1.54, 1.807) is 32.1 Å². The fraction of sp³-hybridized carbons (Fsp3) is 0.310. The van der Waals surface area contributed by atoms with Crippen LogP contribution in [-0.4, -0.2) is 70.2 Å². The monoisotopic (exact) mass is 590 g/mol. The molecule has 4 aromatic rings. The van der Waals surface area contributed by atoms with Crippen molar-refractivity contribution in [2.75, 3.05) is 6.61 Å². The van der Waals surface area contributed by atoms with Gasteiger partial charge in [-0.1, -0.05) is 6.07 Å². The highest BCUT2D eigenvalue weighted by atomic mass is 19.2. The molecule has 11 nitrogen and oxygen atoms in total. The van der Waals surface area contributed by atoms with Crippen molar-refractivity contribution >= 4 is 29.3 Å². The van der Waals surface area contributed by atoms with Crippen molar-refractivity contribution < 1.29 is 28.1 Å². The second kappa shape index (κ2) is 9.30. The molecule has 0 saturated carbocycles. The van der Waals surface area contributed by atoms with E-state index in [2.05, 4.69) is 15.0 Å². The van der Waals surface area contributed by atoms with Gasteiger partial charge in [0.05, 0.1) is 34.9 Å². The van der Waals surface area contributed by atoms with Gasteiger partial charge >= 0.3 is 12.7 Å². The van der Waals surface area contributed by atoms with Gasteiger partial charge in [-0.3, -0.25) is 14.3 Å². The number of H-pyrrole nitrogens is 2. The van der Waals surface area contributed by atoms with E-state index in [0.29, 0.717) is 45.0 Å². The van der Waals surface area contributed by atoms with Crippen molar-refractivity contribution in [3.63, 3.8) is 0 Å². The summed E-state index contributed by atoms with van der Waals surface area (Å²) in [6, 6.07) is 7.17. The van der Waals surface area contributed by atoms with Gasteiger partial charge in [0, 0.05) is 36.9 Å². The molecule has 4 N–H and O–H groups in total. The normalized spacial score (nSPS) is 22.9. The number of aryl methyl sites for hydroxylation is 2. The summed E-state index contributed by atoms with van der Waals surface area (Å²) in [5, 5.41) is 19.6. The minimum atomic E-state index is -4.11. The summed E-state index contributed by atoms with van der Waals surface area (Å²) < 4.78 is 41.1. The van der Waals surface area contributed by atoms with Crippen LogP contribution in [-0.2, 0) is 4.74 Å². The average molecular weight is 590 g/mol. The van der Waals surface area contributed by atoms with E-state index in [9.17, 15) is 19.8 Å². The molecular weight excluding hydrogens is 561 g/mol. The molecule has 0 aliphatic carbocycles. The van der Waals surface area contributed by atoms with Crippen molar-refractivity contribution in [1.82, 2.24) is 24.0 Å². The topological polar surface area (TPSA) is 141 Å². The Labute approximate surface area is 243 Å². The number of halogens is 2. The van der Waals surface area contributed by atoms with Crippen molar-refractivity contribution in [1.29, 1.82) is 0 Å². The molecule has 222 valence electrons. The van der Waals surface area contributed by atoms with Crippen molar-refractivity contribution in [3.8, 4) is 11.4 Å². The lowest BCUT2D eigenvalue weighted by atomic mass is 9.84. The number of aromatic amines is 2. The zero-order chi connectivity index (χ0) is 30.5. The highest BCUT2D eigenvalue weighted by molar-refractivity contribution is 6.58. The number of ether oxygens (including phenoxy) is 1. The lowest BCUT2D eigenvalue weighted by molar-refractivity contribution is -0.363. The van der Waals surface area contributed by atoms with Crippen LogP contribution in [0.15, 0.2) is 57.4 Å². The van der Waals surface area contributed by atoms with Crippen molar-refractivity contribution in [2.24, 2.45) is 0 Å². The van der Waals surface area contributed by atoms with Crippen LogP contribution in [0.2, 0.25) is 0 Å². The number of imidazole rings is 1. The largest absolute Gasteiger partial charge is 0.737 e. The van der Waals surface area contributed by atoms with E-state index >= 15 is 8.63 Å². The van der Waals surface area contributed by atoms with Crippen LogP contribution in [0.3, 0.4) is 0 Å². The predicted octanol–water partition coefficient (Wildman–Crippen LogP) is 2.57. The highest BCUT2D eigenvalue weighted by Crippen LogP contribution is 2.44. The third-order valence-electron chi connectivity index (χ3n) is 8.62. The van der Waals surface area contributed by atoms with Crippen LogP contribution < -0.4 is 11.2 Å². The number of aromatic nitrogens is 5. The molecule has 1 saturated heterocycles. The molecule has 0 amide bonds. The Morgan fingerprint density at radius 1 is 1.16 bits per heavy atom. The summed E-state index contributed by atoms with van der Waals surface area (Å²) >= 11 is 0. The SMILES string of the molecule is CC1=CC(C)=[N+]2C1=C(c1ccc3nc(-c4cn([C@H]5C[C@H](O)[C@@H](CO)O5)c(=O)[nH]c4=O)[nH]c3c1)c1c(C)cc(C)n1[B-]2(F)F. The lowest BCUT2D eigenvalue weighted by Gasteiger charge is -2.34. The van der Waals surface area contributed by atoms with Crippen molar-refractivity contribution in [2.45, 2.75) is 52.6 Å². The van der Waals surface area contributed by atoms with Crippen molar-refractivity contribution in [3.05, 3.63) is 91.2 Å². The Kier molecular flexibility index (Phi) is 5.93. The van der Waals surface area contributed by atoms with E-state index < -0.39 is 43.3 Å². The first-order valence-electron chi connectivity index (χ1n) is 14.0. The average Bonchev–Trinajstić information content (AvgIpc) is 3.68. The Bertz CT molecular complexity index is 2080. The first-order chi connectivity index (χ1) is 20.4. The van der Waals surface area contributed by atoms with E-state index in [0.717, 1.165) is 24.7 Å². The molecular formula is C29H29BF2N6O5. The highest BCUT2D eigenvalue weighted by Gasteiger charge is 2.55. The van der Waals surface area contributed by atoms with Gasteiger partial charge in [-0.05, 0) is 55.8 Å². The molecule has 14 heteroatoms. The van der Waals surface area contributed by atoms with E-state index in [1.807, 2.05) is 26.0 Å². The van der Waals surface area contributed by atoms with E-state index in [1.165, 1.54) is 6.20 Å². The predicted molar refractivity (Wildman–Crippen MR) is 156 cm³/mol. The maximum atomic E-state index is 16.0. The summed E-state index contributed by atoms with van der Waals surface area (Å²) in [6.45, 7) is 2.50. The zero-order valence-corrected chi connectivity index (χ0v) is 23.9. The summed E-state index contributed by atoms with van der Waals surface area (Å²) in [5.41, 5.74) is 4.45. The molecule has 1 aromatic carbocycles. The molecule has 3 aliphatic heterocycles. The third-order valence-corrected chi connectivity index (χ3v) is 8.62. The van der Waals surface area contributed by atoms with Gasteiger partial charge in [-0.2, -0.15) is 0 Å². The maximum Gasteiger partial charge on any atom is 0.737 e. The molecule has 7 rings (SSSR count). The number of rotatable bonds is 4. The number of nitrogens with one attached hydrogen (secondary N) is 2. The molecule has 3 atom stereocenters. The number of aliphatic hydroxyl groups is 2. The van der Waals surface area contributed by atoms with E-state index in [-0.39, 0.29) is 17.8 Å². The molecule has 3 aromatic heterocycles. The molecule has 1 fully saturated rings. The maximum absolute atomic E-state index is 16.0. The lowest BCUT2D eigenvalue weighted by Crippen LogP contribution is -2.51. The molecule has 3 aliphatic rings. The van der Waals surface area contributed by atoms with Crippen LogP contribution in [0.25, 0.3) is 28.0 Å². The molecule has 0 radical (unpaired) electrons. The number of nitrogens with zero attached hydrogens (tertiary/aromatic N) is 4. The van der Waals surface area contributed by atoms with Crippen LogP contribution in [0.1, 0.15) is 49.0 Å². The third kappa shape index (κ3) is 3.90. The van der Waals surface area contributed by atoms with Crippen LogP contribution in [0.5, 0.6) is 0 Å². The standard InChI is InChI=1S/C29H29BF2N6O5/c1-13-7-15(3)37-25(13)24(26-14(2)8-16(4)38(26)30(37,31)32)17-5-6-19-20(9-17)34-27(33-19)18-11-36(29(42)35-28(18)41)23-10-21(40)22(12-39)43-23/h5-9,11,21-23,39-40H,10,12H2,1-4H3,(H,33,34)(H,35,41,42)/t21-,22+,23+/m0/s1. The summed E-state index contributed by atoms with van der Waals surface area (Å²) in [5.74, 6) is 0.189. The van der Waals surface area contributed by atoms with Gasteiger partial charge in [0.1, 0.15) is 23.9 Å². The Morgan fingerprint density at radius 2 is 1.93 bits per heavy atom. The summed E-state index contributed by atoms with van der Waals surface area (Å²) in [7, 11) is 0. The van der Waals surface area contributed by atoms with Gasteiger partial charge in [0.25, 0.3) is 5.56 Å². The number of hydrogen-bond donors (Lipinski definition) is 4. The molecule has 0 unspecified atom stereocenters. The Balaban J connectivity index is 1.37. The minimum absolute atomic E-state index is 0.0558. The minimum Gasteiger partial charge on any atom is -0.394 e. The number of aliphatic hydroxyl groups excluding tert-OH is 2. The first kappa shape index (κ1) is 27.4. The van der Waals surface area contributed by atoms with Gasteiger partial charge in [-0.15, -0.1) is 0 Å². The zero-order valence-electron chi connectivity index (χ0n) is 23.9. The Morgan fingerprint density at radius 3 is 2.65 bits per heavy atom. The summed E-state index contributed by atoms with van der Waals surface area (Å²) in [6.07, 6.45) is 0.431. The van der Waals surface area contributed by atoms with Gasteiger partial charge < -0.3 is 37.5 Å². The number of hydrogen-bond acceptors (Lipinski definition) is 6. The quantitative estimate of drug-likeness (QED) is 0.270. The van der Waals surface area contributed by atoms with Crippen LogP contribution in [0, 0.1) is 13.8 Å². The number of benzene rings is 1. The summed E-state index contributed by atoms with van der Waals surface area (Å²) in [4.78, 5) is 35.5. The smallest absolute Gasteiger partial charge is 0.394 e. The number of fused-ring (bicyclic) bond motifs is 3. The fourth-order valence-corrected chi connectivity index (χ4v) is 6.78. The second-order valence-electron chi connectivity index (χ2n) is 11.5. The van der Waals surface area contributed by atoms with Crippen LogP contribution in [0.4, 0.5) is 8.63 Å². The van der Waals surface area contributed by atoms with Gasteiger partial charge in [-0.25, -0.2) is 9.78 Å². The first-order valence-corrected chi connectivity index (χ1v) is 14.0. The van der Waals surface area contributed by atoms with Crippen LogP contribution >= 0.6 is 0 Å². The molecule has 0 bridgehead atoms. The van der Waals surface area contributed by atoms with Gasteiger partial charge in [0.15, 0.2) is 5.70 Å². The molecule has 6 heterocycles. The van der Waals surface area contributed by atoms with Gasteiger partial charge in [0.2, 0.25) is 0 Å². The van der Waals surface area contributed by atoms with E-state index in [4.69, 9.17) is 4.74 Å². The fourth-order valence-electron chi connectivity index (χ4n) is 6.78. The number of allylic oxidation sites excluding steroid dienone is 2.